The van der Waals surface area contributed by atoms with Crippen LogP contribution in [0.2, 0.25) is 0 Å². The molecule has 0 aliphatic heterocycles. The Morgan fingerprint density at radius 2 is 2.50 bits per heavy atom. The fourth-order valence-corrected chi connectivity index (χ4v) is 3.39. The van der Waals surface area contributed by atoms with E-state index in [9.17, 15) is 4.21 Å². The molecule has 1 aromatic rings. The van der Waals surface area contributed by atoms with Crippen molar-refractivity contribution in [1.82, 2.24) is 0 Å². The molecule has 1 aromatic heterocycles. The van der Waals surface area contributed by atoms with Crippen LogP contribution in [0.3, 0.4) is 0 Å². The molecule has 1 heterocycles. The molecule has 2 nitrogen and oxygen atoms in total. The van der Waals surface area contributed by atoms with Crippen molar-refractivity contribution in [2.75, 3.05) is 5.75 Å². The summed E-state index contributed by atoms with van der Waals surface area (Å²) in [5.41, 5.74) is 0. The van der Waals surface area contributed by atoms with Crippen LogP contribution in [-0.4, -0.2) is 9.96 Å². The van der Waals surface area contributed by atoms with Crippen molar-refractivity contribution in [2.45, 2.75) is 25.0 Å². The molecule has 0 amide bonds. The smallest absolute Gasteiger partial charge is 0.0662 e. The molecule has 76 valence electrons. The first-order valence-corrected chi connectivity index (χ1v) is 6.79. The maximum Gasteiger partial charge on any atom is 0.0662 e. The van der Waals surface area contributed by atoms with E-state index in [1.54, 1.807) is 11.3 Å². The molecule has 0 saturated heterocycles. The largest absolute Gasteiger partial charge is 0.259 e. The highest BCUT2D eigenvalue weighted by Gasteiger charge is 2.13. The van der Waals surface area contributed by atoms with Crippen molar-refractivity contribution < 1.29 is 4.21 Å². The minimum Gasteiger partial charge on any atom is -0.259 e. The summed E-state index contributed by atoms with van der Waals surface area (Å²) in [6, 6.07) is 6.05. The van der Waals surface area contributed by atoms with Crippen LogP contribution in [0.1, 0.15) is 29.9 Å². The third-order valence-corrected chi connectivity index (χ3v) is 4.91. The lowest BCUT2D eigenvalue weighted by Crippen LogP contribution is -2.05. The SMILES string of the molecule is CC(c1cccs1)S(=O)CCCC#N. The molecule has 0 radical (unpaired) electrons. The van der Waals surface area contributed by atoms with Gasteiger partial charge in [0.2, 0.25) is 0 Å². The summed E-state index contributed by atoms with van der Waals surface area (Å²) in [4.78, 5) is 1.17. The highest BCUT2D eigenvalue weighted by Crippen LogP contribution is 2.24. The molecule has 2 atom stereocenters. The minimum absolute atomic E-state index is 0.105. The van der Waals surface area contributed by atoms with E-state index in [1.807, 2.05) is 24.4 Å². The second kappa shape index (κ2) is 5.94. The standard InChI is InChI=1S/C10H13NOS2/c1-9(10-5-4-7-13-10)14(12)8-3-2-6-11/h4-5,7,9H,2-3,8H2,1H3. The summed E-state index contributed by atoms with van der Waals surface area (Å²) in [7, 11) is -0.836. The Morgan fingerprint density at radius 1 is 1.71 bits per heavy atom. The Morgan fingerprint density at radius 3 is 3.07 bits per heavy atom. The van der Waals surface area contributed by atoms with Crippen molar-refractivity contribution in [3.05, 3.63) is 22.4 Å². The van der Waals surface area contributed by atoms with Crippen LogP contribution in [0.15, 0.2) is 17.5 Å². The zero-order valence-electron chi connectivity index (χ0n) is 8.10. The maximum atomic E-state index is 11.7. The van der Waals surface area contributed by atoms with Gasteiger partial charge >= 0.3 is 0 Å². The summed E-state index contributed by atoms with van der Waals surface area (Å²) in [6.45, 7) is 1.98. The van der Waals surface area contributed by atoms with Crippen LogP contribution in [-0.2, 0) is 10.8 Å². The van der Waals surface area contributed by atoms with Gasteiger partial charge in [0.25, 0.3) is 0 Å². The second-order valence-corrected chi connectivity index (χ2v) is 5.86. The molecule has 0 saturated carbocycles. The topological polar surface area (TPSA) is 40.9 Å². The van der Waals surface area contributed by atoms with Gasteiger partial charge in [0.05, 0.1) is 11.3 Å². The van der Waals surface area contributed by atoms with E-state index in [-0.39, 0.29) is 5.25 Å². The van der Waals surface area contributed by atoms with Crippen LogP contribution < -0.4 is 0 Å². The van der Waals surface area contributed by atoms with Gasteiger partial charge in [0.1, 0.15) is 0 Å². The summed E-state index contributed by atoms with van der Waals surface area (Å²) in [6.07, 6.45) is 1.24. The molecular formula is C10H13NOS2. The van der Waals surface area contributed by atoms with Crippen molar-refractivity contribution in [3.8, 4) is 6.07 Å². The fraction of sp³-hybridized carbons (Fsp3) is 0.500. The van der Waals surface area contributed by atoms with Crippen molar-refractivity contribution in [2.24, 2.45) is 0 Å². The zero-order valence-corrected chi connectivity index (χ0v) is 9.74. The van der Waals surface area contributed by atoms with E-state index in [4.69, 9.17) is 5.26 Å². The maximum absolute atomic E-state index is 11.7. The van der Waals surface area contributed by atoms with Gasteiger partial charge in [-0.25, -0.2) is 0 Å². The highest BCUT2D eigenvalue weighted by atomic mass is 32.2. The van der Waals surface area contributed by atoms with Gasteiger partial charge < -0.3 is 0 Å². The number of unbranched alkanes of at least 4 members (excludes halogenated alkanes) is 1. The van der Waals surface area contributed by atoms with E-state index in [0.29, 0.717) is 12.2 Å². The summed E-state index contributed by atoms with van der Waals surface area (Å²) in [5, 5.41) is 10.5. The van der Waals surface area contributed by atoms with Crippen LogP contribution in [0.4, 0.5) is 0 Å². The molecule has 0 aromatic carbocycles. The third kappa shape index (κ3) is 3.24. The summed E-state index contributed by atoms with van der Waals surface area (Å²) >= 11 is 1.64. The van der Waals surface area contributed by atoms with Crippen molar-refractivity contribution >= 4 is 22.1 Å². The van der Waals surface area contributed by atoms with Gasteiger partial charge in [0.15, 0.2) is 0 Å². The molecule has 14 heavy (non-hydrogen) atoms. The number of thiophene rings is 1. The summed E-state index contributed by atoms with van der Waals surface area (Å²) < 4.78 is 11.7. The number of hydrogen-bond acceptors (Lipinski definition) is 3. The fourth-order valence-electron chi connectivity index (χ4n) is 1.12. The molecule has 1 rings (SSSR count). The van der Waals surface area contributed by atoms with Gasteiger partial charge in [-0.3, -0.25) is 4.21 Å². The predicted molar refractivity (Wildman–Crippen MR) is 60.6 cm³/mol. The lowest BCUT2D eigenvalue weighted by Gasteiger charge is -2.07. The second-order valence-electron chi connectivity index (χ2n) is 3.00. The van der Waals surface area contributed by atoms with E-state index >= 15 is 0 Å². The number of nitrogens with zero attached hydrogens (tertiary/aromatic N) is 1. The molecule has 2 unspecified atom stereocenters. The molecule has 0 spiro atoms. The Labute approximate surface area is 91.0 Å². The average Bonchev–Trinajstić information content (AvgIpc) is 2.69. The molecular weight excluding hydrogens is 214 g/mol. The first-order valence-electron chi connectivity index (χ1n) is 4.53. The van der Waals surface area contributed by atoms with Crippen LogP contribution in [0.5, 0.6) is 0 Å². The van der Waals surface area contributed by atoms with E-state index in [1.165, 1.54) is 4.88 Å². The van der Waals surface area contributed by atoms with Crippen LogP contribution in [0, 0.1) is 11.3 Å². The average molecular weight is 227 g/mol. The highest BCUT2D eigenvalue weighted by molar-refractivity contribution is 7.85. The van der Waals surface area contributed by atoms with Gasteiger partial charge in [-0.05, 0) is 24.8 Å². The molecule has 4 heteroatoms. The van der Waals surface area contributed by atoms with Gasteiger partial charge in [-0.1, -0.05) is 6.07 Å². The predicted octanol–water partition coefficient (Wildman–Crippen LogP) is 2.86. The Hall–Kier alpha value is -0.660. The lowest BCUT2D eigenvalue weighted by molar-refractivity contribution is 0.674. The monoisotopic (exact) mass is 227 g/mol. The first-order chi connectivity index (χ1) is 6.75. The Kier molecular flexibility index (Phi) is 4.85. The van der Waals surface area contributed by atoms with Gasteiger partial charge in [-0.2, -0.15) is 5.26 Å². The molecule has 0 aliphatic carbocycles. The zero-order chi connectivity index (χ0) is 10.4. The minimum atomic E-state index is -0.836. The van der Waals surface area contributed by atoms with Crippen molar-refractivity contribution in [3.63, 3.8) is 0 Å². The Bertz CT molecular complexity index is 326. The first kappa shape index (κ1) is 11.4. The number of rotatable bonds is 5. The van der Waals surface area contributed by atoms with Crippen molar-refractivity contribution in [1.29, 1.82) is 5.26 Å². The quantitative estimate of drug-likeness (QED) is 0.726. The van der Waals surface area contributed by atoms with Crippen LogP contribution >= 0.6 is 11.3 Å². The molecule has 0 N–H and O–H groups in total. The summed E-state index contributed by atoms with van der Waals surface area (Å²) in [5.74, 6) is 0.632. The van der Waals surface area contributed by atoms with Gasteiger partial charge in [0, 0.05) is 27.9 Å². The van der Waals surface area contributed by atoms with E-state index in [0.717, 1.165) is 6.42 Å². The van der Waals surface area contributed by atoms with E-state index in [2.05, 4.69) is 6.07 Å². The number of nitriles is 1. The third-order valence-electron chi connectivity index (χ3n) is 1.97. The van der Waals surface area contributed by atoms with Crippen LogP contribution in [0.25, 0.3) is 0 Å². The lowest BCUT2D eigenvalue weighted by atomic mass is 10.4. The van der Waals surface area contributed by atoms with E-state index < -0.39 is 10.8 Å². The molecule has 0 bridgehead atoms. The number of hydrogen-bond donors (Lipinski definition) is 0. The molecule has 0 fully saturated rings. The van der Waals surface area contributed by atoms with Gasteiger partial charge in [-0.15, -0.1) is 11.3 Å². The Balaban J connectivity index is 2.42. The normalized spacial score (nSPS) is 14.6. The molecule has 0 aliphatic rings.